The molecule has 2 N–H and O–H groups in total. The lowest BCUT2D eigenvalue weighted by atomic mass is 10.0. The van der Waals surface area contributed by atoms with E-state index in [1.807, 2.05) is 6.07 Å². The third kappa shape index (κ3) is 2.76. The molecule has 2 aliphatic rings. The van der Waals surface area contributed by atoms with E-state index in [2.05, 4.69) is 16.8 Å². The van der Waals surface area contributed by atoms with Gasteiger partial charge in [-0.3, -0.25) is 4.90 Å². The lowest BCUT2D eigenvalue weighted by Gasteiger charge is -2.32. The summed E-state index contributed by atoms with van der Waals surface area (Å²) >= 11 is 0. The monoisotopic (exact) mass is 307 g/mol. The van der Waals surface area contributed by atoms with Gasteiger partial charge in [-0.25, -0.2) is 8.42 Å². The van der Waals surface area contributed by atoms with Crippen LogP contribution in [0.5, 0.6) is 0 Å². The Morgan fingerprint density at radius 3 is 2.57 bits per heavy atom. The van der Waals surface area contributed by atoms with Gasteiger partial charge in [-0.1, -0.05) is 12.1 Å². The summed E-state index contributed by atoms with van der Waals surface area (Å²) in [7, 11) is -1.19. The van der Waals surface area contributed by atoms with Gasteiger partial charge in [0.15, 0.2) is 0 Å². The summed E-state index contributed by atoms with van der Waals surface area (Å²) in [6, 6.07) is 5.36. The number of benzene rings is 1. The zero-order valence-corrected chi connectivity index (χ0v) is 13.1. The van der Waals surface area contributed by atoms with Crippen molar-refractivity contribution >= 4 is 15.4 Å². The third-order valence-electron chi connectivity index (χ3n) is 4.25. The maximum Gasteiger partial charge on any atom is 0.200 e. The minimum absolute atomic E-state index is 0.360. The Kier molecular flexibility index (Phi) is 3.88. The third-order valence-corrected chi connectivity index (χ3v) is 5.80. The van der Waals surface area contributed by atoms with Crippen LogP contribution in [-0.2, 0) is 16.4 Å². The summed E-state index contributed by atoms with van der Waals surface area (Å²) in [6.45, 7) is 5.01. The van der Waals surface area contributed by atoms with Crippen molar-refractivity contribution in [3.8, 4) is 0 Å². The average Bonchev–Trinajstić information content (AvgIpc) is 2.73. The van der Waals surface area contributed by atoms with Crippen molar-refractivity contribution in [2.24, 2.45) is 5.73 Å². The second-order valence-electron chi connectivity index (χ2n) is 5.76. The minimum Gasteiger partial charge on any atom is -0.326 e. The Labute approximate surface area is 125 Å². The van der Waals surface area contributed by atoms with Crippen LogP contribution in [0.1, 0.15) is 11.1 Å². The van der Waals surface area contributed by atoms with Crippen molar-refractivity contribution in [1.82, 2.24) is 9.80 Å². The summed E-state index contributed by atoms with van der Waals surface area (Å²) in [4.78, 5) is 5.01. The lowest BCUT2D eigenvalue weighted by Crippen LogP contribution is -2.44. The molecule has 3 rings (SSSR count). The number of piperazine rings is 1. The van der Waals surface area contributed by atoms with E-state index < -0.39 is 9.84 Å². The first-order valence-electron chi connectivity index (χ1n) is 7.20. The van der Waals surface area contributed by atoms with Gasteiger partial charge >= 0.3 is 0 Å². The maximum atomic E-state index is 12.3. The van der Waals surface area contributed by atoms with Crippen LogP contribution in [0.15, 0.2) is 28.5 Å². The first-order valence-corrected chi connectivity index (χ1v) is 8.75. The summed E-state index contributed by atoms with van der Waals surface area (Å²) in [5.74, 6) is 0. The molecule has 114 valence electrons. The maximum absolute atomic E-state index is 12.3. The Bertz CT molecular complexity index is 674. The number of nitrogens with two attached hydrogens (primary N) is 1. The SMILES string of the molecule is CN1CCN(CC2=CS(=O)(=O)c3cccc(CN)c32)CC1. The molecule has 0 aliphatic carbocycles. The van der Waals surface area contributed by atoms with Gasteiger partial charge in [0.25, 0.3) is 0 Å². The van der Waals surface area contributed by atoms with Gasteiger partial charge in [0.05, 0.1) is 4.90 Å². The van der Waals surface area contributed by atoms with E-state index in [4.69, 9.17) is 5.73 Å². The normalized spacial score (nSPS) is 22.1. The largest absolute Gasteiger partial charge is 0.326 e. The molecule has 21 heavy (non-hydrogen) atoms. The van der Waals surface area contributed by atoms with Gasteiger partial charge in [0, 0.05) is 50.2 Å². The van der Waals surface area contributed by atoms with Gasteiger partial charge in [0.2, 0.25) is 9.84 Å². The molecule has 0 unspecified atom stereocenters. The lowest BCUT2D eigenvalue weighted by molar-refractivity contribution is 0.168. The molecule has 0 atom stereocenters. The van der Waals surface area contributed by atoms with Gasteiger partial charge in [0.1, 0.15) is 0 Å². The summed E-state index contributed by atoms with van der Waals surface area (Å²) < 4.78 is 24.6. The molecule has 1 aromatic carbocycles. The fraction of sp³-hybridized carbons (Fsp3) is 0.467. The van der Waals surface area contributed by atoms with E-state index in [0.717, 1.165) is 42.9 Å². The second kappa shape index (κ2) is 5.53. The van der Waals surface area contributed by atoms with E-state index in [-0.39, 0.29) is 0 Å². The second-order valence-corrected chi connectivity index (χ2v) is 7.53. The fourth-order valence-electron chi connectivity index (χ4n) is 3.02. The van der Waals surface area contributed by atoms with Crippen LogP contribution in [0.4, 0.5) is 0 Å². The smallest absolute Gasteiger partial charge is 0.200 e. The highest BCUT2D eigenvalue weighted by molar-refractivity contribution is 7.95. The van der Waals surface area contributed by atoms with Gasteiger partial charge < -0.3 is 10.6 Å². The molecule has 2 heterocycles. The van der Waals surface area contributed by atoms with Crippen LogP contribution >= 0.6 is 0 Å². The van der Waals surface area contributed by atoms with Crippen LogP contribution in [-0.4, -0.2) is 58.0 Å². The van der Waals surface area contributed by atoms with Crippen LogP contribution in [0.2, 0.25) is 0 Å². The van der Waals surface area contributed by atoms with Crippen molar-refractivity contribution in [1.29, 1.82) is 0 Å². The van der Waals surface area contributed by atoms with Crippen LogP contribution in [0.3, 0.4) is 0 Å². The first kappa shape index (κ1) is 14.7. The number of rotatable bonds is 3. The van der Waals surface area contributed by atoms with E-state index in [1.165, 1.54) is 5.41 Å². The molecule has 5 nitrogen and oxygen atoms in total. The van der Waals surface area contributed by atoms with Crippen molar-refractivity contribution in [3.05, 3.63) is 34.7 Å². The number of hydrogen-bond donors (Lipinski definition) is 1. The van der Waals surface area contributed by atoms with E-state index in [1.54, 1.807) is 12.1 Å². The summed E-state index contributed by atoms with van der Waals surface area (Å²) in [6.07, 6.45) is 0. The molecule has 1 saturated heterocycles. The Balaban J connectivity index is 1.91. The number of nitrogens with zero attached hydrogens (tertiary/aromatic N) is 2. The molecule has 0 amide bonds. The molecule has 0 bridgehead atoms. The molecule has 6 heteroatoms. The van der Waals surface area contributed by atoms with Crippen LogP contribution in [0, 0.1) is 0 Å². The molecule has 2 aliphatic heterocycles. The molecule has 0 spiro atoms. The highest BCUT2D eigenvalue weighted by Crippen LogP contribution is 2.36. The molecule has 1 aromatic rings. The molecular weight excluding hydrogens is 286 g/mol. The van der Waals surface area contributed by atoms with Gasteiger partial charge in [-0.05, 0) is 24.3 Å². The molecule has 0 saturated carbocycles. The predicted molar refractivity (Wildman–Crippen MR) is 83.4 cm³/mol. The Hall–Kier alpha value is -1.21. The topological polar surface area (TPSA) is 66.6 Å². The molecule has 0 aromatic heterocycles. The summed E-state index contributed by atoms with van der Waals surface area (Å²) in [5.41, 5.74) is 8.41. The minimum atomic E-state index is -3.30. The van der Waals surface area contributed by atoms with Crippen LogP contribution in [0.25, 0.3) is 5.57 Å². The molecular formula is C15H21N3O2S. The Morgan fingerprint density at radius 2 is 1.90 bits per heavy atom. The highest BCUT2D eigenvalue weighted by atomic mass is 32.2. The zero-order chi connectivity index (χ0) is 15.0. The summed E-state index contributed by atoms with van der Waals surface area (Å²) in [5, 5.41) is 1.43. The average molecular weight is 307 g/mol. The first-order chi connectivity index (χ1) is 10.0. The number of likely N-dealkylation sites (N-methyl/N-ethyl adjacent to an activating group) is 1. The number of hydrogen-bond acceptors (Lipinski definition) is 5. The fourth-order valence-corrected chi connectivity index (χ4v) is 4.53. The van der Waals surface area contributed by atoms with Crippen LogP contribution < -0.4 is 5.73 Å². The van der Waals surface area contributed by atoms with Gasteiger partial charge in [-0.2, -0.15) is 0 Å². The molecule has 1 fully saturated rings. The molecule has 0 radical (unpaired) electrons. The van der Waals surface area contributed by atoms with Crippen molar-refractivity contribution < 1.29 is 8.42 Å². The van der Waals surface area contributed by atoms with Crippen molar-refractivity contribution in [2.45, 2.75) is 11.4 Å². The van der Waals surface area contributed by atoms with Gasteiger partial charge in [-0.15, -0.1) is 0 Å². The highest BCUT2D eigenvalue weighted by Gasteiger charge is 2.30. The van der Waals surface area contributed by atoms with E-state index in [9.17, 15) is 8.42 Å². The predicted octanol–water partition coefficient (Wildman–Crippen LogP) is 0.521. The van der Waals surface area contributed by atoms with E-state index >= 15 is 0 Å². The number of sulfone groups is 1. The van der Waals surface area contributed by atoms with Crippen molar-refractivity contribution in [2.75, 3.05) is 39.8 Å². The standard InChI is InChI=1S/C15H21N3O2S/c1-17-5-7-18(8-6-17)10-13-11-21(19,20)14-4-2-3-12(9-16)15(13)14/h2-4,11H,5-10,16H2,1H3. The van der Waals surface area contributed by atoms with Crippen molar-refractivity contribution in [3.63, 3.8) is 0 Å². The zero-order valence-electron chi connectivity index (χ0n) is 12.2. The Morgan fingerprint density at radius 1 is 1.19 bits per heavy atom. The quantitative estimate of drug-likeness (QED) is 0.882. The number of fused-ring (bicyclic) bond motifs is 1. The van der Waals surface area contributed by atoms with E-state index in [0.29, 0.717) is 18.0 Å².